The highest BCUT2D eigenvalue weighted by Gasteiger charge is 2.43. The van der Waals surface area contributed by atoms with Crippen LogP contribution in [0.4, 0.5) is 0 Å². The molecular formula is C9H20N2O2S. The summed E-state index contributed by atoms with van der Waals surface area (Å²) in [6.07, 6.45) is 3.87. The first-order valence-corrected chi connectivity index (χ1v) is 6.76. The van der Waals surface area contributed by atoms with Gasteiger partial charge in [-0.25, -0.2) is 13.1 Å². The Balaban J connectivity index is 2.81. The zero-order valence-corrected chi connectivity index (χ0v) is 9.95. The third kappa shape index (κ3) is 2.93. The third-order valence-corrected chi connectivity index (χ3v) is 3.69. The van der Waals surface area contributed by atoms with Crippen LogP contribution in [0.25, 0.3) is 0 Å². The number of sulfonamides is 1. The number of nitrogens with two attached hydrogens (primary N) is 1. The highest BCUT2D eigenvalue weighted by atomic mass is 32.2. The van der Waals surface area contributed by atoms with Crippen LogP contribution >= 0.6 is 0 Å². The molecule has 1 aliphatic rings. The van der Waals surface area contributed by atoms with Crippen LogP contribution in [0.1, 0.15) is 33.1 Å². The van der Waals surface area contributed by atoms with Gasteiger partial charge in [-0.3, -0.25) is 0 Å². The Bertz CT molecular complexity index is 311. The third-order valence-electron chi connectivity index (χ3n) is 2.89. The summed E-state index contributed by atoms with van der Waals surface area (Å²) in [6, 6.07) is 0. The Morgan fingerprint density at radius 1 is 1.36 bits per heavy atom. The second-order valence-corrected chi connectivity index (χ2v) is 6.95. The molecular weight excluding hydrogens is 200 g/mol. The first-order chi connectivity index (χ1) is 6.18. The number of nitrogens with one attached hydrogen (secondary N) is 1. The van der Waals surface area contributed by atoms with Gasteiger partial charge in [-0.15, -0.1) is 0 Å². The molecule has 0 aliphatic heterocycles. The Morgan fingerprint density at radius 2 is 1.93 bits per heavy atom. The van der Waals surface area contributed by atoms with Gasteiger partial charge in [-0.05, 0) is 24.7 Å². The molecule has 0 radical (unpaired) electrons. The van der Waals surface area contributed by atoms with E-state index in [2.05, 4.69) is 18.6 Å². The Hall–Kier alpha value is -0.130. The molecule has 1 aliphatic carbocycles. The maximum Gasteiger partial charge on any atom is 0.209 e. The van der Waals surface area contributed by atoms with Crippen molar-refractivity contribution in [2.75, 3.05) is 12.8 Å². The van der Waals surface area contributed by atoms with Crippen LogP contribution in [0.2, 0.25) is 0 Å². The molecule has 0 spiro atoms. The fourth-order valence-electron chi connectivity index (χ4n) is 2.37. The molecule has 3 N–H and O–H groups in total. The second kappa shape index (κ2) is 3.47. The Labute approximate surface area is 86.3 Å². The molecule has 0 aromatic carbocycles. The van der Waals surface area contributed by atoms with Gasteiger partial charge < -0.3 is 5.73 Å². The quantitative estimate of drug-likeness (QED) is 0.725. The zero-order valence-electron chi connectivity index (χ0n) is 9.13. The lowest BCUT2D eigenvalue weighted by Gasteiger charge is -2.29. The summed E-state index contributed by atoms with van der Waals surface area (Å²) >= 11 is 0. The van der Waals surface area contributed by atoms with E-state index in [0.717, 1.165) is 19.3 Å². The summed E-state index contributed by atoms with van der Waals surface area (Å²) in [4.78, 5) is 0. The summed E-state index contributed by atoms with van der Waals surface area (Å²) in [6.45, 7) is 4.67. The molecule has 0 heterocycles. The average molecular weight is 220 g/mol. The van der Waals surface area contributed by atoms with E-state index in [1.165, 1.54) is 6.26 Å². The highest BCUT2D eigenvalue weighted by Crippen LogP contribution is 2.43. The molecule has 14 heavy (non-hydrogen) atoms. The lowest BCUT2D eigenvalue weighted by molar-refractivity contribution is 0.323. The lowest BCUT2D eigenvalue weighted by atomic mass is 9.88. The summed E-state index contributed by atoms with van der Waals surface area (Å²) in [5.41, 5.74) is 5.46. The van der Waals surface area contributed by atoms with E-state index in [4.69, 9.17) is 5.73 Å². The Morgan fingerprint density at radius 3 is 2.21 bits per heavy atom. The molecule has 0 bridgehead atoms. The number of rotatable bonds is 3. The van der Waals surface area contributed by atoms with Gasteiger partial charge in [0.15, 0.2) is 0 Å². The Kier molecular flexibility index (Phi) is 2.96. The molecule has 84 valence electrons. The van der Waals surface area contributed by atoms with Crippen molar-refractivity contribution < 1.29 is 8.42 Å². The van der Waals surface area contributed by atoms with Crippen molar-refractivity contribution in [3.8, 4) is 0 Å². The van der Waals surface area contributed by atoms with Crippen LogP contribution in [0.15, 0.2) is 0 Å². The first-order valence-electron chi connectivity index (χ1n) is 4.87. The molecule has 0 aromatic rings. The SMILES string of the molecule is CC1(C)CC[C@@](CN)(NS(C)(=O)=O)C1. The minimum atomic E-state index is -3.16. The maximum atomic E-state index is 11.2. The molecule has 1 rings (SSSR count). The molecule has 0 aromatic heterocycles. The van der Waals surface area contributed by atoms with E-state index in [9.17, 15) is 8.42 Å². The predicted molar refractivity (Wildman–Crippen MR) is 57.4 cm³/mol. The van der Waals surface area contributed by atoms with E-state index in [1.54, 1.807) is 0 Å². The van der Waals surface area contributed by atoms with Gasteiger partial charge in [0.2, 0.25) is 10.0 Å². The normalized spacial score (nSPS) is 32.0. The largest absolute Gasteiger partial charge is 0.329 e. The zero-order chi connectivity index (χ0) is 11.0. The van der Waals surface area contributed by atoms with Crippen LogP contribution in [-0.2, 0) is 10.0 Å². The fourth-order valence-corrected chi connectivity index (χ4v) is 3.41. The molecule has 1 fully saturated rings. The first kappa shape index (κ1) is 11.9. The molecule has 1 atom stereocenters. The molecule has 1 saturated carbocycles. The monoisotopic (exact) mass is 220 g/mol. The van der Waals surface area contributed by atoms with Crippen LogP contribution in [-0.4, -0.2) is 26.8 Å². The lowest BCUT2D eigenvalue weighted by Crippen LogP contribution is -2.51. The second-order valence-electron chi connectivity index (χ2n) is 5.20. The topological polar surface area (TPSA) is 72.2 Å². The van der Waals surface area contributed by atoms with E-state index >= 15 is 0 Å². The summed E-state index contributed by atoms with van der Waals surface area (Å²) < 4.78 is 25.1. The van der Waals surface area contributed by atoms with Crippen LogP contribution in [0.5, 0.6) is 0 Å². The van der Waals surface area contributed by atoms with Gasteiger partial charge in [0, 0.05) is 12.1 Å². The van der Waals surface area contributed by atoms with E-state index < -0.39 is 15.6 Å². The van der Waals surface area contributed by atoms with Crippen LogP contribution in [0, 0.1) is 5.41 Å². The minimum absolute atomic E-state index is 0.192. The van der Waals surface area contributed by atoms with E-state index in [1.807, 2.05) is 0 Å². The van der Waals surface area contributed by atoms with Gasteiger partial charge >= 0.3 is 0 Å². The van der Waals surface area contributed by atoms with Gasteiger partial charge in [-0.1, -0.05) is 13.8 Å². The van der Waals surface area contributed by atoms with Crippen LogP contribution in [0.3, 0.4) is 0 Å². The van der Waals surface area contributed by atoms with Crippen molar-refractivity contribution in [3.63, 3.8) is 0 Å². The molecule has 5 heteroatoms. The smallest absolute Gasteiger partial charge is 0.209 e. The van der Waals surface area contributed by atoms with Crippen molar-refractivity contribution in [2.24, 2.45) is 11.1 Å². The van der Waals surface area contributed by atoms with Gasteiger partial charge in [-0.2, -0.15) is 0 Å². The van der Waals surface area contributed by atoms with Gasteiger partial charge in [0.25, 0.3) is 0 Å². The van der Waals surface area contributed by atoms with Gasteiger partial charge in [0.05, 0.1) is 6.26 Å². The molecule has 0 amide bonds. The van der Waals surface area contributed by atoms with Crippen LogP contribution < -0.4 is 10.5 Å². The summed E-state index contributed by atoms with van der Waals surface area (Å²) in [5.74, 6) is 0. The number of hydrogen-bond acceptors (Lipinski definition) is 3. The van der Waals surface area contributed by atoms with Crippen molar-refractivity contribution in [3.05, 3.63) is 0 Å². The van der Waals surface area contributed by atoms with Crippen molar-refractivity contribution in [2.45, 2.75) is 38.6 Å². The van der Waals surface area contributed by atoms with Crippen molar-refractivity contribution in [1.29, 1.82) is 0 Å². The van der Waals surface area contributed by atoms with Gasteiger partial charge in [0.1, 0.15) is 0 Å². The fraction of sp³-hybridized carbons (Fsp3) is 1.00. The molecule has 4 nitrogen and oxygen atoms in total. The average Bonchev–Trinajstić information content (AvgIpc) is 2.24. The van der Waals surface area contributed by atoms with Crippen molar-refractivity contribution >= 4 is 10.0 Å². The highest BCUT2D eigenvalue weighted by molar-refractivity contribution is 7.88. The summed E-state index contributed by atoms with van der Waals surface area (Å²) in [5, 5.41) is 0. The predicted octanol–water partition coefficient (Wildman–Crippen LogP) is 0.443. The van der Waals surface area contributed by atoms with E-state index in [0.29, 0.717) is 6.54 Å². The summed E-state index contributed by atoms with van der Waals surface area (Å²) in [7, 11) is -3.16. The van der Waals surface area contributed by atoms with E-state index in [-0.39, 0.29) is 5.41 Å². The molecule has 0 saturated heterocycles. The standard InChI is InChI=1S/C9H20N2O2S/c1-8(2)4-5-9(6-8,7-10)11-14(3,12)13/h11H,4-7,10H2,1-3H3/t9-/m1/s1. The number of hydrogen-bond donors (Lipinski definition) is 2. The molecule has 0 unspecified atom stereocenters. The minimum Gasteiger partial charge on any atom is -0.329 e. The maximum absolute atomic E-state index is 11.2. The van der Waals surface area contributed by atoms with Crippen molar-refractivity contribution in [1.82, 2.24) is 4.72 Å².